The Balaban J connectivity index is 1.89. The van der Waals surface area contributed by atoms with Crippen LogP contribution in [0.1, 0.15) is 12.0 Å². The Bertz CT molecular complexity index is 1160. The Labute approximate surface area is 166 Å². The van der Waals surface area contributed by atoms with E-state index in [0.29, 0.717) is 0 Å². The van der Waals surface area contributed by atoms with Crippen molar-refractivity contribution in [3.63, 3.8) is 0 Å². The highest BCUT2D eigenvalue weighted by molar-refractivity contribution is 7.93. The molecule has 0 aliphatic heterocycles. The first-order valence-corrected chi connectivity index (χ1v) is 9.52. The van der Waals surface area contributed by atoms with E-state index in [0.717, 1.165) is 31.6 Å². The number of aromatic nitrogens is 3. The Kier molecular flexibility index (Phi) is 5.96. The SMILES string of the molecule is COc1nc(NS(=O)(=O)c2c[nH]c3cc(C(F)F)ccc23)ncc1OC(F)C(F)F. The normalized spacial score (nSPS) is 13.1. The number of H-pyrrole nitrogens is 1. The number of fused-ring (bicyclic) bond motifs is 1. The van der Waals surface area contributed by atoms with E-state index in [1.165, 1.54) is 6.07 Å². The molecular weight excluding hydrogens is 439 g/mol. The van der Waals surface area contributed by atoms with E-state index >= 15 is 0 Å². The molecule has 1 aromatic carbocycles. The van der Waals surface area contributed by atoms with Crippen molar-refractivity contribution in [2.45, 2.75) is 24.1 Å². The first-order chi connectivity index (χ1) is 14.1. The van der Waals surface area contributed by atoms with Crippen molar-refractivity contribution in [3.8, 4) is 11.6 Å². The summed E-state index contributed by atoms with van der Waals surface area (Å²) in [6.45, 7) is 0. The lowest BCUT2D eigenvalue weighted by Gasteiger charge is -2.13. The van der Waals surface area contributed by atoms with Crippen LogP contribution in [0.5, 0.6) is 11.6 Å². The highest BCUT2D eigenvalue weighted by Gasteiger charge is 2.25. The van der Waals surface area contributed by atoms with Gasteiger partial charge in [0.2, 0.25) is 11.7 Å². The van der Waals surface area contributed by atoms with E-state index < -0.39 is 46.8 Å². The molecule has 1 atom stereocenters. The molecule has 8 nitrogen and oxygen atoms in total. The van der Waals surface area contributed by atoms with Gasteiger partial charge in [0, 0.05) is 22.7 Å². The third kappa shape index (κ3) is 4.37. The van der Waals surface area contributed by atoms with Crippen molar-refractivity contribution in [1.82, 2.24) is 15.0 Å². The summed E-state index contributed by atoms with van der Waals surface area (Å²) in [6.07, 6.45) is -7.28. The molecule has 162 valence electrons. The average molecular weight is 452 g/mol. The molecule has 3 aromatic rings. The second-order valence-corrected chi connectivity index (χ2v) is 7.39. The molecule has 2 N–H and O–H groups in total. The van der Waals surface area contributed by atoms with Gasteiger partial charge in [0.1, 0.15) is 4.90 Å². The number of nitrogens with one attached hydrogen (secondary N) is 2. The fourth-order valence-electron chi connectivity index (χ4n) is 2.45. The molecule has 14 heteroatoms. The van der Waals surface area contributed by atoms with Crippen molar-refractivity contribution < 1.29 is 39.8 Å². The number of nitrogens with zero attached hydrogens (tertiary/aromatic N) is 2. The number of halogens is 5. The van der Waals surface area contributed by atoms with Gasteiger partial charge in [-0.3, -0.25) is 0 Å². The van der Waals surface area contributed by atoms with Gasteiger partial charge in [0.05, 0.1) is 13.3 Å². The summed E-state index contributed by atoms with van der Waals surface area (Å²) in [5.41, 5.74) is -0.128. The number of benzene rings is 1. The topological polar surface area (TPSA) is 106 Å². The van der Waals surface area contributed by atoms with Crippen LogP contribution in [0.3, 0.4) is 0 Å². The lowest BCUT2D eigenvalue weighted by Crippen LogP contribution is -2.20. The van der Waals surface area contributed by atoms with Gasteiger partial charge >= 0.3 is 6.43 Å². The zero-order valence-corrected chi connectivity index (χ0v) is 15.8. The van der Waals surface area contributed by atoms with Crippen molar-refractivity contribution >= 4 is 26.9 Å². The number of hydrogen-bond acceptors (Lipinski definition) is 6. The second kappa shape index (κ2) is 8.30. The third-order valence-corrected chi connectivity index (χ3v) is 5.16. The Morgan fingerprint density at radius 2 is 1.90 bits per heavy atom. The van der Waals surface area contributed by atoms with Crippen molar-refractivity contribution in [1.29, 1.82) is 0 Å². The Hall–Kier alpha value is -3.16. The third-order valence-electron chi connectivity index (χ3n) is 3.79. The maximum Gasteiger partial charge on any atom is 0.304 e. The Morgan fingerprint density at radius 3 is 2.53 bits per heavy atom. The molecule has 0 saturated heterocycles. The van der Waals surface area contributed by atoms with E-state index in [1.807, 2.05) is 4.72 Å². The van der Waals surface area contributed by atoms with Crippen molar-refractivity contribution in [3.05, 3.63) is 36.2 Å². The molecule has 1 unspecified atom stereocenters. The summed E-state index contributed by atoms with van der Waals surface area (Å²) < 4.78 is 99.7. The average Bonchev–Trinajstić information content (AvgIpc) is 3.12. The van der Waals surface area contributed by atoms with Crippen LogP contribution in [-0.4, -0.2) is 43.3 Å². The molecule has 0 spiro atoms. The Morgan fingerprint density at radius 1 is 1.17 bits per heavy atom. The van der Waals surface area contributed by atoms with Crippen LogP contribution < -0.4 is 14.2 Å². The molecule has 0 fully saturated rings. The van der Waals surface area contributed by atoms with Crippen LogP contribution in [0, 0.1) is 0 Å². The zero-order chi connectivity index (χ0) is 22.1. The van der Waals surface area contributed by atoms with Gasteiger partial charge in [-0.05, 0) is 6.07 Å². The van der Waals surface area contributed by atoms with Crippen LogP contribution in [-0.2, 0) is 10.0 Å². The van der Waals surface area contributed by atoms with E-state index in [4.69, 9.17) is 4.74 Å². The molecule has 30 heavy (non-hydrogen) atoms. The summed E-state index contributed by atoms with van der Waals surface area (Å²) in [5, 5.41) is 0.135. The first-order valence-electron chi connectivity index (χ1n) is 8.04. The fourth-order valence-corrected chi connectivity index (χ4v) is 3.58. The minimum Gasteiger partial charge on any atom is -0.478 e. The van der Waals surface area contributed by atoms with Gasteiger partial charge in [-0.2, -0.15) is 9.37 Å². The maximum absolute atomic E-state index is 13.1. The van der Waals surface area contributed by atoms with Gasteiger partial charge < -0.3 is 14.5 Å². The number of ether oxygens (including phenoxy) is 2. The highest BCUT2D eigenvalue weighted by Crippen LogP contribution is 2.30. The van der Waals surface area contributed by atoms with E-state index in [1.54, 1.807) is 0 Å². The van der Waals surface area contributed by atoms with Gasteiger partial charge in [-0.1, -0.05) is 12.1 Å². The van der Waals surface area contributed by atoms with E-state index in [9.17, 15) is 30.4 Å². The molecule has 2 aromatic heterocycles. The van der Waals surface area contributed by atoms with Crippen molar-refractivity contribution in [2.24, 2.45) is 0 Å². The van der Waals surface area contributed by atoms with Crippen LogP contribution in [0.15, 0.2) is 35.5 Å². The molecule has 0 aliphatic carbocycles. The lowest BCUT2D eigenvalue weighted by atomic mass is 10.2. The molecule has 0 radical (unpaired) electrons. The maximum atomic E-state index is 13.1. The van der Waals surface area contributed by atoms with Crippen LogP contribution >= 0.6 is 0 Å². The number of sulfonamides is 1. The molecule has 0 bridgehead atoms. The van der Waals surface area contributed by atoms with Crippen LogP contribution in [0.2, 0.25) is 0 Å². The van der Waals surface area contributed by atoms with Crippen LogP contribution in [0.4, 0.5) is 27.9 Å². The van der Waals surface area contributed by atoms with Crippen molar-refractivity contribution in [2.75, 3.05) is 11.8 Å². The number of methoxy groups -OCH3 is 1. The van der Waals surface area contributed by atoms with Gasteiger partial charge in [0.25, 0.3) is 28.7 Å². The summed E-state index contributed by atoms with van der Waals surface area (Å²) in [4.78, 5) is 9.54. The van der Waals surface area contributed by atoms with Gasteiger partial charge in [-0.15, -0.1) is 0 Å². The molecule has 3 rings (SSSR count). The van der Waals surface area contributed by atoms with Gasteiger partial charge in [-0.25, -0.2) is 35.7 Å². The number of alkyl halides is 5. The standard InChI is InChI=1S/C16H13F5N4O4S/c1-28-15-10(29-14(21)13(19)20)5-23-16(24-15)25-30(26,27)11-6-22-9-4-7(12(17)18)2-3-8(9)11/h2-6,12-14,22H,1H3,(H,23,24,25). The number of hydrogen-bond donors (Lipinski definition) is 2. The number of aromatic amines is 1. The largest absolute Gasteiger partial charge is 0.478 e. The predicted octanol–water partition coefficient (Wildman–Crippen LogP) is 3.64. The van der Waals surface area contributed by atoms with Gasteiger partial charge in [0.15, 0.2) is 0 Å². The molecule has 2 heterocycles. The zero-order valence-electron chi connectivity index (χ0n) is 14.9. The van der Waals surface area contributed by atoms with E-state index in [-0.39, 0.29) is 21.4 Å². The number of anilines is 1. The number of rotatable bonds is 8. The monoisotopic (exact) mass is 452 g/mol. The van der Waals surface area contributed by atoms with E-state index in [2.05, 4.69) is 19.7 Å². The minimum atomic E-state index is -4.29. The fraction of sp³-hybridized carbons (Fsp3) is 0.250. The molecule has 0 amide bonds. The lowest BCUT2D eigenvalue weighted by molar-refractivity contribution is -0.0681. The molecule has 0 aliphatic rings. The summed E-state index contributed by atoms with van der Waals surface area (Å²) in [7, 11) is -3.22. The summed E-state index contributed by atoms with van der Waals surface area (Å²) >= 11 is 0. The summed E-state index contributed by atoms with van der Waals surface area (Å²) in [6, 6.07) is 3.41. The second-order valence-electron chi connectivity index (χ2n) is 5.73. The predicted molar refractivity (Wildman–Crippen MR) is 94.2 cm³/mol. The quantitative estimate of drug-likeness (QED) is 0.506. The summed E-state index contributed by atoms with van der Waals surface area (Å²) in [5.74, 6) is -1.59. The van der Waals surface area contributed by atoms with Crippen LogP contribution in [0.25, 0.3) is 10.9 Å². The first kappa shape index (κ1) is 21.5. The molecular formula is C16H13F5N4O4S. The minimum absolute atomic E-state index is 0.135. The smallest absolute Gasteiger partial charge is 0.304 e. The molecule has 0 saturated carbocycles. The highest BCUT2D eigenvalue weighted by atomic mass is 32.2.